The fourth-order valence-corrected chi connectivity index (χ4v) is 2.89. The third kappa shape index (κ3) is 5.39. The van der Waals surface area contributed by atoms with Crippen molar-refractivity contribution in [2.45, 2.75) is 37.3 Å². The van der Waals surface area contributed by atoms with Crippen LogP contribution in [-0.2, 0) is 17.1 Å². The zero-order valence-corrected chi connectivity index (χ0v) is 16.0. The number of nitrogens with zero attached hydrogens (tertiary/aromatic N) is 4. The molecule has 0 saturated carbocycles. The molecule has 10 heteroatoms. The molecule has 2 unspecified atom stereocenters. The lowest BCUT2D eigenvalue weighted by Crippen LogP contribution is -2.34. The molecule has 158 valence electrons. The third-order valence-corrected chi connectivity index (χ3v) is 4.53. The molecule has 1 aliphatic rings. The molecule has 0 bridgehead atoms. The molecular formula is C20H21F2N5O3. The zero-order chi connectivity index (χ0) is 21.4. The van der Waals surface area contributed by atoms with Crippen molar-refractivity contribution in [3.63, 3.8) is 0 Å². The Morgan fingerprint density at radius 1 is 1.37 bits per heavy atom. The summed E-state index contributed by atoms with van der Waals surface area (Å²) in [4.78, 5) is 13.4. The van der Waals surface area contributed by atoms with Crippen LogP contribution < -0.4 is 0 Å². The number of aliphatic hydroxyl groups is 1. The molecule has 1 amide bonds. The number of unbranched alkanes of at least 4 members (excludes halogenated alkanes) is 1. The van der Waals surface area contributed by atoms with Crippen LogP contribution in [0.2, 0.25) is 0 Å². The Balaban J connectivity index is 1.51. The number of cyclic esters (lactones) is 1. The average Bonchev–Trinajstić information content (AvgIpc) is 3.39. The Bertz CT molecular complexity index is 910. The largest absolute Gasteiger partial charge is 0.447 e. The number of alkyl halides is 2. The van der Waals surface area contributed by atoms with Gasteiger partial charge >= 0.3 is 12.0 Å². The van der Waals surface area contributed by atoms with Crippen molar-refractivity contribution in [1.29, 1.82) is 0 Å². The monoisotopic (exact) mass is 417 g/mol. The predicted octanol–water partition coefficient (Wildman–Crippen LogP) is 2.06. The molecule has 1 aromatic heterocycles. The minimum atomic E-state index is -3.44. The number of aromatic nitrogens is 4. The first-order chi connectivity index (χ1) is 14.5. The normalized spacial score (nSPS) is 17.6. The maximum absolute atomic E-state index is 14.4. The predicted molar refractivity (Wildman–Crippen MR) is 102 cm³/mol. The summed E-state index contributed by atoms with van der Waals surface area (Å²) in [7, 11) is 0. The number of rotatable bonds is 8. The van der Waals surface area contributed by atoms with Gasteiger partial charge in [0.2, 0.25) is 0 Å². The molecule has 2 heterocycles. The Hall–Kier alpha value is -3.32. The van der Waals surface area contributed by atoms with Crippen LogP contribution in [0.4, 0.5) is 13.6 Å². The zero-order valence-electron chi connectivity index (χ0n) is 16.0. The molecule has 0 aliphatic carbocycles. The SMILES string of the molecule is O=C1OCC(C=CC(O)C(F)(F)c2ccccc2)N1CCCC#CCc1nnn[nH]1. The molecular weight excluding hydrogens is 396 g/mol. The molecule has 2 N–H and O–H groups in total. The first kappa shape index (κ1) is 21.4. The Kier molecular flexibility index (Phi) is 7.08. The van der Waals surface area contributed by atoms with Crippen LogP contribution in [0.15, 0.2) is 42.5 Å². The van der Waals surface area contributed by atoms with Gasteiger partial charge in [-0.1, -0.05) is 48.4 Å². The van der Waals surface area contributed by atoms with Gasteiger partial charge in [-0.25, -0.2) is 9.89 Å². The highest BCUT2D eigenvalue weighted by atomic mass is 19.3. The highest BCUT2D eigenvalue weighted by molar-refractivity contribution is 5.70. The third-order valence-electron chi connectivity index (χ3n) is 4.53. The number of carbonyl (C=O) groups excluding carboxylic acids is 1. The summed E-state index contributed by atoms with van der Waals surface area (Å²) in [6.07, 6.45) is 1.38. The smallest absolute Gasteiger partial charge is 0.410 e. The lowest BCUT2D eigenvalue weighted by atomic mass is 10.0. The topological polar surface area (TPSA) is 104 Å². The molecule has 2 atom stereocenters. The minimum absolute atomic E-state index is 0.0448. The molecule has 1 aromatic carbocycles. The van der Waals surface area contributed by atoms with Crippen molar-refractivity contribution in [3.05, 3.63) is 53.9 Å². The molecule has 1 fully saturated rings. The van der Waals surface area contributed by atoms with Gasteiger partial charge in [0.25, 0.3) is 0 Å². The van der Waals surface area contributed by atoms with E-state index >= 15 is 0 Å². The number of hydrogen-bond acceptors (Lipinski definition) is 6. The van der Waals surface area contributed by atoms with Crippen LogP contribution in [0, 0.1) is 11.8 Å². The van der Waals surface area contributed by atoms with E-state index in [1.165, 1.54) is 35.2 Å². The van der Waals surface area contributed by atoms with Gasteiger partial charge in [0, 0.05) is 18.5 Å². The van der Waals surface area contributed by atoms with E-state index in [0.29, 0.717) is 31.6 Å². The summed E-state index contributed by atoms with van der Waals surface area (Å²) in [5, 5.41) is 23.2. The summed E-state index contributed by atoms with van der Waals surface area (Å²) in [5.74, 6) is 3.01. The number of tetrazole rings is 1. The van der Waals surface area contributed by atoms with Crippen LogP contribution in [0.25, 0.3) is 0 Å². The summed E-state index contributed by atoms with van der Waals surface area (Å²) in [5.41, 5.74) is -0.280. The highest BCUT2D eigenvalue weighted by Crippen LogP contribution is 2.32. The number of H-pyrrole nitrogens is 1. The van der Waals surface area contributed by atoms with E-state index in [9.17, 15) is 18.7 Å². The molecule has 1 aliphatic heterocycles. The summed E-state index contributed by atoms with van der Waals surface area (Å²) >= 11 is 0. The molecule has 3 rings (SSSR count). The van der Waals surface area contributed by atoms with Crippen LogP contribution in [0.5, 0.6) is 0 Å². The van der Waals surface area contributed by atoms with Crippen molar-refractivity contribution < 1.29 is 23.4 Å². The highest BCUT2D eigenvalue weighted by Gasteiger charge is 2.39. The van der Waals surface area contributed by atoms with Crippen LogP contribution in [0.1, 0.15) is 24.2 Å². The van der Waals surface area contributed by atoms with E-state index in [-0.39, 0.29) is 12.2 Å². The Labute approximate surface area is 171 Å². The lowest BCUT2D eigenvalue weighted by Gasteiger charge is -2.22. The van der Waals surface area contributed by atoms with Gasteiger partial charge in [-0.2, -0.15) is 8.78 Å². The number of benzene rings is 1. The maximum Gasteiger partial charge on any atom is 0.410 e. The number of carbonyl (C=O) groups is 1. The maximum atomic E-state index is 14.4. The van der Waals surface area contributed by atoms with Crippen molar-refractivity contribution >= 4 is 6.09 Å². The van der Waals surface area contributed by atoms with E-state index in [4.69, 9.17) is 4.74 Å². The average molecular weight is 417 g/mol. The molecule has 30 heavy (non-hydrogen) atoms. The number of hydrogen-bond donors (Lipinski definition) is 2. The summed E-state index contributed by atoms with van der Waals surface area (Å²) in [6, 6.07) is 6.58. The standard InChI is InChI=1S/C20H21F2N5O3/c21-20(22,15-8-4-3-5-9-15)17(28)12-11-16-14-30-19(29)27(16)13-7-2-1-6-10-18-23-25-26-24-18/h3-5,8-9,11-12,16-17,28H,2,7,10,13-14H2,(H,23,24,25,26). The molecule has 2 aromatic rings. The molecule has 0 radical (unpaired) electrons. The Morgan fingerprint density at radius 2 is 2.17 bits per heavy atom. The fraction of sp³-hybridized carbons (Fsp3) is 0.400. The summed E-state index contributed by atoms with van der Waals surface area (Å²) < 4.78 is 33.8. The van der Waals surface area contributed by atoms with E-state index < -0.39 is 24.2 Å². The lowest BCUT2D eigenvalue weighted by molar-refractivity contribution is -0.0929. The second-order valence-electron chi connectivity index (χ2n) is 6.64. The minimum Gasteiger partial charge on any atom is -0.447 e. The number of halogens is 2. The number of aliphatic hydroxyl groups excluding tert-OH is 1. The number of nitrogens with one attached hydrogen (secondary N) is 1. The molecule has 0 spiro atoms. The van der Waals surface area contributed by atoms with E-state index in [0.717, 1.165) is 6.08 Å². The van der Waals surface area contributed by atoms with Crippen molar-refractivity contribution in [1.82, 2.24) is 25.5 Å². The molecule has 1 saturated heterocycles. The first-order valence-corrected chi connectivity index (χ1v) is 9.40. The van der Waals surface area contributed by atoms with Gasteiger partial charge in [-0.05, 0) is 16.8 Å². The number of ether oxygens (including phenoxy) is 1. The number of amides is 1. The quantitative estimate of drug-likeness (QED) is 0.387. The van der Waals surface area contributed by atoms with Crippen molar-refractivity contribution in [2.75, 3.05) is 13.2 Å². The van der Waals surface area contributed by atoms with Crippen molar-refractivity contribution in [3.8, 4) is 11.8 Å². The van der Waals surface area contributed by atoms with Crippen LogP contribution >= 0.6 is 0 Å². The molecule has 8 nitrogen and oxygen atoms in total. The van der Waals surface area contributed by atoms with Crippen molar-refractivity contribution in [2.24, 2.45) is 0 Å². The van der Waals surface area contributed by atoms with Crippen LogP contribution in [-0.4, -0.2) is 62.0 Å². The van der Waals surface area contributed by atoms with Gasteiger partial charge in [0.1, 0.15) is 12.7 Å². The van der Waals surface area contributed by atoms with Gasteiger partial charge in [0.05, 0.1) is 12.5 Å². The van der Waals surface area contributed by atoms with Gasteiger partial charge in [-0.3, -0.25) is 4.90 Å². The summed E-state index contributed by atoms with van der Waals surface area (Å²) in [6.45, 7) is 0.403. The second kappa shape index (κ2) is 9.93. The first-order valence-electron chi connectivity index (χ1n) is 9.40. The van der Waals surface area contributed by atoms with E-state index in [1.54, 1.807) is 6.07 Å². The Morgan fingerprint density at radius 3 is 2.90 bits per heavy atom. The second-order valence-corrected chi connectivity index (χ2v) is 6.64. The van der Waals surface area contributed by atoms with Crippen LogP contribution in [0.3, 0.4) is 0 Å². The number of aromatic amines is 1. The van der Waals surface area contributed by atoms with Gasteiger partial charge in [0.15, 0.2) is 5.82 Å². The fourth-order valence-electron chi connectivity index (χ4n) is 2.89. The van der Waals surface area contributed by atoms with Gasteiger partial charge in [-0.15, -0.1) is 11.0 Å². The van der Waals surface area contributed by atoms with E-state index in [2.05, 4.69) is 32.5 Å². The van der Waals surface area contributed by atoms with E-state index in [1.807, 2.05) is 0 Å². The van der Waals surface area contributed by atoms with Gasteiger partial charge < -0.3 is 9.84 Å².